The van der Waals surface area contributed by atoms with E-state index in [2.05, 4.69) is 22.4 Å². The molecular formula is C25H24ClN5O2. The molecule has 33 heavy (non-hydrogen) atoms. The highest BCUT2D eigenvalue weighted by atomic mass is 35.5. The number of carbonyl (C=O) groups is 1. The first-order chi connectivity index (χ1) is 16.1. The number of nitrogens with zero attached hydrogens (tertiary/aromatic N) is 4. The summed E-state index contributed by atoms with van der Waals surface area (Å²) in [5, 5.41) is 10.7. The molecule has 1 aromatic heterocycles. The second-order valence-corrected chi connectivity index (χ2v) is 8.67. The fourth-order valence-corrected chi connectivity index (χ4v) is 4.22. The molecule has 2 aliphatic rings. The molecule has 1 fully saturated rings. The molecular weight excluding hydrogens is 438 g/mol. The number of methoxy groups -OCH3 is 1. The first-order valence-electron chi connectivity index (χ1n) is 11.0. The Morgan fingerprint density at radius 2 is 1.88 bits per heavy atom. The smallest absolute Gasteiger partial charge is 0.343 e. The number of anilines is 2. The summed E-state index contributed by atoms with van der Waals surface area (Å²) in [4.78, 5) is 21.6. The van der Waals surface area contributed by atoms with E-state index in [1.54, 1.807) is 5.01 Å². The highest BCUT2D eigenvalue weighted by Gasteiger charge is 2.33. The van der Waals surface area contributed by atoms with Crippen LogP contribution in [0.25, 0.3) is 0 Å². The second kappa shape index (κ2) is 9.19. The maximum absolute atomic E-state index is 12.5. The molecule has 1 N–H and O–H groups in total. The van der Waals surface area contributed by atoms with Crippen molar-refractivity contribution in [2.75, 3.05) is 24.0 Å². The molecule has 1 saturated carbocycles. The number of hydrazone groups is 1. The van der Waals surface area contributed by atoms with Crippen molar-refractivity contribution in [2.24, 2.45) is 5.10 Å². The van der Waals surface area contributed by atoms with Gasteiger partial charge in [-0.1, -0.05) is 54.1 Å². The second-order valence-electron chi connectivity index (χ2n) is 8.23. The molecule has 1 unspecified atom stereocenters. The van der Waals surface area contributed by atoms with Crippen LogP contribution in [0.1, 0.15) is 46.7 Å². The van der Waals surface area contributed by atoms with Gasteiger partial charge >= 0.3 is 5.97 Å². The number of ether oxygens (including phenoxy) is 1. The van der Waals surface area contributed by atoms with Crippen LogP contribution in [0.4, 0.5) is 11.8 Å². The molecule has 1 atom stereocenters. The molecule has 168 valence electrons. The van der Waals surface area contributed by atoms with Crippen LogP contribution in [0.15, 0.2) is 65.9 Å². The maximum atomic E-state index is 12.5. The first-order valence-corrected chi connectivity index (χ1v) is 11.4. The monoisotopic (exact) mass is 461 g/mol. The van der Waals surface area contributed by atoms with Gasteiger partial charge in [-0.15, -0.1) is 0 Å². The molecule has 0 amide bonds. The predicted molar refractivity (Wildman–Crippen MR) is 129 cm³/mol. The summed E-state index contributed by atoms with van der Waals surface area (Å²) in [6.45, 7) is 0.534. The van der Waals surface area contributed by atoms with Crippen molar-refractivity contribution in [3.63, 3.8) is 0 Å². The molecule has 2 heterocycles. The van der Waals surface area contributed by atoms with Crippen LogP contribution in [0.3, 0.4) is 0 Å². The largest absolute Gasteiger partial charge is 0.465 e. The summed E-state index contributed by atoms with van der Waals surface area (Å²) < 4.78 is 5.00. The third kappa shape index (κ3) is 4.41. The normalized spacial score (nSPS) is 17.9. The lowest BCUT2D eigenvalue weighted by Crippen LogP contribution is -2.29. The van der Waals surface area contributed by atoms with Crippen LogP contribution in [-0.4, -0.2) is 41.3 Å². The van der Waals surface area contributed by atoms with Crippen LogP contribution in [0.5, 0.6) is 0 Å². The summed E-state index contributed by atoms with van der Waals surface area (Å²) in [7, 11) is 1.35. The van der Waals surface area contributed by atoms with Crippen LogP contribution in [0, 0.1) is 0 Å². The van der Waals surface area contributed by atoms with E-state index in [1.165, 1.54) is 19.7 Å². The SMILES string of the molecule is COC(=O)c1cnc(NC2CCC2)nc1N1CC(c2ccccc2)C(c2ccc(Cl)cc2)=N1. The minimum absolute atomic E-state index is 0.00382. The molecule has 3 aromatic rings. The van der Waals surface area contributed by atoms with Gasteiger partial charge in [0.1, 0.15) is 5.56 Å². The molecule has 0 radical (unpaired) electrons. The van der Waals surface area contributed by atoms with E-state index >= 15 is 0 Å². The number of nitrogens with one attached hydrogen (secondary N) is 1. The molecule has 7 nitrogen and oxygen atoms in total. The maximum Gasteiger partial charge on any atom is 0.343 e. The van der Waals surface area contributed by atoms with Gasteiger partial charge in [-0.3, -0.25) is 0 Å². The van der Waals surface area contributed by atoms with E-state index in [0.29, 0.717) is 29.4 Å². The minimum atomic E-state index is -0.494. The minimum Gasteiger partial charge on any atom is -0.465 e. The summed E-state index contributed by atoms with van der Waals surface area (Å²) in [5.74, 6) is 0.430. The topological polar surface area (TPSA) is 79.7 Å². The molecule has 0 saturated heterocycles. The Morgan fingerprint density at radius 1 is 1.12 bits per heavy atom. The van der Waals surface area contributed by atoms with Gasteiger partial charge in [0.25, 0.3) is 0 Å². The Balaban J connectivity index is 1.56. The van der Waals surface area contributed by atoms with Crippen molar-refractivity contribution in [3.8, 4) is 0 Å². The van der Waals surface area contributed by atoms with Gasteiger partial charge in [0, 0.05) is 23.2 Å². The summed E-state index contributed by atoms with van der Waals surface area (Å²) in [6, 6.07) is 18.2. The van der Waals surface area contributed by atoms with E-state index in [9.17, 15) is 4.79 Å². The number of halogens is 1. The molecule has 0 bridgehead atoms. The first kappa shape index (κ1) is 21.4. The lowest BCUT2D eigenvalue weighted by Gasteiger charge is -2.27. The number of rotatable bonds is 6. The number of carbonyl (C=O) groups excluding carboxylic acids is 1. The van der Waals surface area contributed by atoms with Crippen molar-refractivity contribution in [3.05, 3.63) is 82.5 Å². The van der Waals surface area contributed by atoms with E-state index in [4.69, 9.17) is 26.4 Å². The fraction of sp³-hybridized carbons (Fsp3) is 0.280. The van der Waals surface area contributed by atoms with E-state index in [0.717, 1.165) is 29.7 Å². The Morgan fingerprint density at radius 3 is 2.55 bits per heavy atom. The Labute approximate surface area is 197 Å². The quantitative estimate of drug-likeness (QED) is 0.526. The van der Waals surface area contributed by atoms with Gasteiger partial charge in [0.15, 0.2) is 5.82 Å². The van der Waals surface area contributed by atoms with Gasteiger partial charge in [-0.05, 0) is 42.5 Å². The average molecular weight is 462 g/mol. The highest BCUT2D eigenvalue weighted by Crippen LogP contribution is 2.33. The Bertz CT molecular complexity index is 1180. The van der Waals surface area contributed by atoms with Crippen LogP contribution in [0.2, 0.25) is 5.02 Å². The zero-order chi connectivity index (χ0) is 22.8. The predicted octanol–water partition coefficient (Wildman–Crippen LogP) is 4.89. The summed E-state index contributed by atoms with van der Waals surface area (Å²) in [6.07, 6.45) is 4.90. The zero-order valence-corrected chi connectivity index (χ0v) is 19.0. The lowest BCUT2D eigenvalue weighted by molar-refractivity contribution is 0.0600. The molecule has 2 aromatic carbocycles. The standard InChI is InChI=1S/C25H24ClN5O2/c1-33-24(32)20-14-27-25(28-19-8-5-9-19)29-23(20)31-15-21(16-6-3-2-4-7-16)22(30-31)17-10-12-18(26)13-11-17/h2-4,6-7,10-14,19,21H,5,8-9,15H2,1H3,(H,27,28,29). The fourth-order valence-electron chi connectivity index (χ4n) is 4.09. The van der Waals surface area contributed by atoms with Crippen molar-refractivity contribution < 1.29 is 9.53 Å². The van der Waals surface area contributed by atoms with Crippen molar-refractivity contribution in [1.82, 2.24) is 9.97 Å². The average Bonchev–Trinajstić information content (AvgIpc) is 3.27. The lowest BCUT2D eigenvalue weighted by atomic mass is 9.91. The van der Waals surface area contributed by atoms with Gasteiger partial charge in [-0.25, -0.2) is 14.8 Å². The van der Waals surface area contributed by atoms with Crippen LogP contribution >= 0.6 is 11.6 Å². The van der Waals surface area contributed by atoms with Gasteiger partial charge in [0.05, 0.1) is 19.4 Å². The van der Waals surface area contributed by atoms with Gasteiger partial charge in [0.2, 0.25) is 5.95 Å². The molecule has 1 aliphatic carbocycles. The third-order valence-electron chi connectivity index (χ3n) is 6.11. The van der Waals surface area contributed by atoms with Crippen molar-refractivity contribution >= 4 is 35.0 Å². The number of hydrogen-bond donors (Lipinski definition) is 1. The summed E-state index contributed by atoms with van der Waals surface area (Å²) >= 11 is 6.12. The van der Waals surface area contributed by atoms with Crippen LogP contribution in [-0.2, 0) is 4.74 Å². The molecule has 0 spiro atoms. The van der Waals surface area contributed by atoms with E-state index in [-0.39, 0.29) is 11.5 Å². The van der Waals surface area contributed by atoms with Gasteiger partial charge in [-0.2, -0.15) is 10.1 Å². The third-order valence-corrected chi connectivity index (χ3v) is 6.36. The number of aromatic nitrogens is 2. The van der Waals surface area contributed by atoms with Gasteiger partial charge < -0.3 is 10.1 Å². The number of benzene rings is 2. The number of hydrogen-bond acceptors (Lipinski definition) is 7. The Kier molecular flexibility index (Phi) is 5.96. The van der Waals surface area contributed by atoms with E-state index in [1.807, 2.05) is 42.5 Å². The van der Waals surface area contributed by atoms with Crippen LogP contribution < -0.4 is 10.3 Å². The van der Waals surface area contributed by atoms with E-state index < -0.39 is 5.97 Å². The molecule has 8 heteroatoms. The number of esters is 1. The zero-order valence-electron chi connectivity index (χ0n) is 18.2. The summed E-state index contributed by atoms with van der Waals surface area (Å²) in [5.41, 5.74) is 3.28. The van der Waals surface area contributed by atoms with Crippen molar-refractivity contribution in [1.29, 1.82) is 0 Å². The highest BCUT2D eigenvalue weighted by molar-refractivity contribution is 6.30. The Hall–Kier alpha value is -3.45. The molecule has 1 aliphatic heterocycles. The molecule has 5 rings (SSSR count). The van der Waals surface area contributed by atoms with Crippen molar-refractivity contribution in [2.45, 2.75) is 31.2 Å².